The Kier molecular flexibility index (Phi) is 4.99. The average molecular weight is 404 g/mol. The molecule has 8 heteroatoms. The van der Waals surface area contributed by atoms with Crippen LogP contribution in [-0.4, -0.2) is 51.6 Å². The Hall–Kier alpha value is -3.68. The number of amides is 2. The Morgan fingerprint density at radius 2 is 2.00 bits per heavy atom. The number of carbonyl (C=O) groups excluding carboxylic acids is 2. The fourth-order valence-electron chi connectivity index (χ4n) is 3.52. The second kappa shape index (κ2) is 7.62. The van der Waals surface area contributed by atoms with Crippen molar-refractivity contribution in [3.63, 3.8) is 0 Å². The van der Waals surface area contributed by atoms with E-state index in [-0.39, 0.29) is 11.8 Å². The normalized spacial score (nSPS) is 13.9. The molecule has 1 aromatic carbocycles. The summed E-state index contributed by atoms with van der Waals surface area (Å²) in [4.78, 5) is 33.9. The molecular weight excluding hydrogens is 380 g/mol. The monoisotopic (exact) mass is 404 g/mol. The van der Waals surface area contributed by atoms with Crippen LogP contribution in [0.3, 0.4) is 0 Å². The quantitative estimate of drug-likeness (QED) is 0.707. The summed E-state index contributed by atoms with van der Waals surface area (Å²) >= 11 is 0. The number of carbonyl (C=O) groups is 2. The summed E-state index contributed by atoms with van der Waals surface area (Å²) in [6.45, 7) is 2.09. The molecule has 1 aliphatic rings. The number of anilines is 2. The van der Waals surface area contributed by atoms with Crippen LogP contribution in [0.4, 0.5) is 11.4 Å². The molecule has 1 N–H and O–H groups in total. The molecule has 0 radical (unpaired) electrons. The van der Waals surface area contributed by atoms with Gasteiger partial charge < -0.3 is 15.1 Å². The molecule has 3 heterocycles. The summed E-state index contributed by atoms with van der Waals surface area (Å²) in [6, 6.07) is 12.6. The maximum atomic E-state index is 13.0. The van der Waals surface area contributed by atoms with Gasteiger partial charge in [0.15, 0.2) is 0 Å². The highest BCUT2D eigenvalue weighted by molar-refractivity contribution is 6.02. The summed E-state index contributed by atoms with van der Waals surface area (Å²) in [5.74, 6) is -0.474. The Morgan fingerprint density at radius 3 is 2.70 bits per heavy atom. The molecule has 0 aliphatic carbocycles. The van der Waals surface area contributed by atoms with Crippen LogP contribution in [0.5, 0.6) is 0 Å². The minimum atomic E-state index is -0.630. The minimum absolute atomic E-state index is 0.237. The Morgan fingerprint density at radius 1 is 1.20 bits per heavy atom. The van der Waals surface area contributed by atoms with Gasteiger partial charge in [0, 0.05) is 50.8 Å². The third-order valence-corrected chi connectivity index (χ3v) is 5.34. The van der Waals surface area contributed by atoms with E-state index in [9.17, 15) is 9.59 Å². The predicted octanol–water partition coefficient (Wildman–Crippen LogP) is 2.53. The van der Waals surface area contributed by atoms with Gasteiger partial charge in [-0.2, -0.15) is 5.10 Å². The smallest absolute Gasteiger partial charge is 0.273 e. The molecule has 0 spiro atoms. The van der Waals surface area contributed by atoms with Crippen LogP contribution in [0.1, 0.15) is 23.0 Å². The number of aryl methyl sites for hydroxylation is 1. The van der Waals surface area contributed by atoms with Gasteiger partial charge >= 0.3 is 0 Å². The van der Waals surface area contributed by atoms with Crippen LogP contribution in [0.15, 0.2) is 48.7 Å². The molecule has 154 valence electrons. The van der Waals surface area contributed by atoms with Crippen LogP contribution in [0, 0.1) is 0 Å². The second-order valence-electron chi connectivity index (χ2n) is 7.59. The van der Waals surface area contributed by atoms with Crippen molar-refractivity contribution in [3.05, 3.63) is 59.9 Å². The highest BCUT2D eigenvalue weighted by Gasteiger charge is 2.35. The first-order valence-corrected chi connectivity index (χ1v) is 9.72. The van der Waals surface area contributed by atoms with Crippen LogP contribution >= 0.6 is 0 Å². The summed E-state index contributed by atoms with van der Waals surface area (Å²) in [7, 11) is 5.71. The number of hydrogen-bond donors (Lipinski definition) is 1. The number of hydrogen-bond acceptors (Lipinski definition) is 5. The van der Waals surface area contributed by atoms with Gasteiger partial charge in [0.05, 0.1) is 11.4 Å². The number of nitrogens with one attached hydrogen (secondary N) is 1. The molecule has 0 saturated heterocycles. The van der Waals surface area contributed by atoms with Crippen molar-refractivity contribution in [2.24, 2.45) is 7.05 Å². The number of rotatable bonds is 5. The third kappa shape index (κ3) is 3.52. The number of fused-ring (bicyclic) bond motifs is 1. The predicted molar refractivity (Wildman–Crippen MR) is 115 cm³/mol. The van der Waals surface area contributed by atoms with Gasteiger partial charge in [-0.3, -0.25) is 14.3 Å². The lowest BCUT2D eigenvalue weighted by Crippen LogP contribution is -2.42. The largest absolute Gasteiger partial charge is 0.378 e. The number of pyridine rings is 1. The molecule has 2 aromatic heterocycles. The lowest BCUT2D eigenvalue weighted by molar-refractivity contribution is -0.120. The van der Waals surface area contributed by atoms with Crippen molar-refractivity contribution in [1.82, 2.24) is 19.7 Å². The Balaban J connectivity index is 1.51. The molecule has 1 atom stereocenters. The molecule has 4 rings (SSSR count). The van der Waals surface area contributed by atoms with E-state index < -0.39 is 6.04 Å². The highest BCUT2D eigenvalue weighted by atomic mass is 16.2. The van der Waals surface area contributed by atoms with Gasteiger partial charge in [-0.25, -0.2) is 4.98 Å². The van der Waals surface area contributed by atoms with Crippen molar-refractivity contribution in [2.75, 3.05) is 24.3 Å². The van der Waals surface area contributed by atoms with E-state index in [0.29, 0.717) is 23.6 Å². The fourth-order valence-corrected chi connectivity index (χ4v) is 3.52. The molecule has 8 nitrogen and oxygen atoms in total. The molecular formula is C22H24N6O2. The molecule has 2 amide bonds. The molecule has 0 bridgehead atoms. The summed E-state index contributed by atoms with van der Waals surface area (Å²) in [5, 5.41) is 7.07. The van der Waals surface area contributed by atoms with E-state index in [1.165, 1.54) is 0 Å². The molecule has 0 saturated carbocycles. The molecule has 3 aromatic rings. The first-order valence-electron chi connectivity index (χ1n) is 9.72. The first-order chi connectivity index (χ1) is 14.3. The van der Waals surface area contributed by atoms with Crippen molar-refractivity contribution < 1.29 is 9.59 Å². The maximum Gasteiger partial charge on any atom is 0.273 e. The standard InChI is InChI=1S/C22H24N6O2/c1-14(21(29)24-16-6-5-7-17(12-16)26(2)3)28-13-15-8-9-18(25-20(15)22(28)30)19-10-11-23-27(19)4/h5-12,14H,13H2,1-4H3,(H,24,29)/t14-/m1/s1. The summed E-state index contributed by atoms with van der Waals surface area (Å²) in [6.07, 6.45) is 1.69. The third-order valence-electron chi connectivity index (χ3n) is 5.34. The van der Waals surface area contributed by atoms with Crippen molar-refractivity contribution in [3.8, 4) is 11.4 Å². The Labute approximate surface area is 175 Å². The molecule has 0 unspecified atom stereocenters. The van der Waals surface area contributed by atoms with Crippen molar-refractivity contribution >= 4 is 23.2 Å². The van der Waals surface area contributed by atoms with E-state index >= 15 is 0 Å². The lowest BCUT2D eigenvalue weighted by Gasteiger charge is -2.23. The maximum absolute atomic E-state index is 13.0. The van der Waals surface area contributed by atoms with E-state index in [1.807, 2.05) is 68.5 Å². The first kappa shape index (κ1) is 19.6. The van der Waals surface area contributed by atoms with E-state index in [1.54, 1.807) is 22.7 Å². The van der Waals surface area contributed by atoms with E-state index in [0.717, 1.165) is 16.9 Å². The zero-order valence-electron chi connectivity index (χ0n) is 17.5. The van der Waals surface area contributed by atoms with Crippen LogP contribution in [-0.2, 0) is 18.4 Å². The van der Waals surface area contributed by atoms with Gasteiger partial charge in [0.2, 0.25) is 5.91 Å². The number of nitrogens with zero attached hydrogens (tertiary/aromatic N) is 5. The summed E-state index contributed by atoms with van der Waals surface area (Å²) < 4.78 is 1.71. The number of aromatic nitrogens is 3. The Bertz CT molecular complexity index is 1120. The zero-order chi connectivity index (χ0) is 21.4. The van der Waals surface area contributed by atoms with Gasteiger partial charge in [-0.05, 0) is 37.3 Å². The minimum Gasteiger partial charge on any atom is -0.378 e. The van der Waals surface area contributed by atoms with Crippen LogP contribution in [0.25, 0.3) is 11.4 Å². The fraction of sp³-hybridized carbons (Fsp3) is 0.273. The van der Waals surface area contributed by atoms with E-state index in [2.05, 4.69) is 15.4 Å². The second-order valence-corrected chi connectivity index (χ2v) is 7.59. The van der Waals surface area contributed by atoms with E-state index in [4.69, 9.17) is 0 Å². The van der Waals surface area contributed by atoms with Crippen LogP contribution in [0.2, 0.25) is 0 Å². The molecule has 30 heavy (non-hydrogen) atoms. The van der Waals surface area contributed by atoms with Gasteiger partial charge in [-0.1, -0.05) is 12.1 Å². The average Bonchev–Trinajstić information content (AvgIpc) is 3.30. The summed E-state index contributed by atoms with van der Waals surface area (Å²) in [5.41, 5.74) is 4.40. The van der Waals surface area contributed by atoms with Gasteiger partial charge in [-0.15, -0.1) is 0 Å². The van der Waals surface area contributed by atoms with Gasteiger partial charge in [0.25, 0.3) is 5.91 Å². The zero-order valence-corrected chi connectivity index (χ0v) is 17.5. The van der Waals surface area contributed by atoms with Crippen LogP contribution < -0.4 is 10.2 Å². The highest BCUT2D eigenvalue weighted by Crippen LogP contribution is 2.27. The number of benzene rings is 1. The van der Waals surface area contributed by atoms with Crippen molar-refractivity contribution in [1.29, 1.82) is 0 Å². The lowest BCUT2D eigenvalue weighted by atomic mass is 10.2. The topological polar surface area (TPSA) is 83.4 Å². The van der Waals surface area contributed by atoms with Crippen molar-refractivity contribution in [2.45, 2.75) is 19.5 Å². The molecule has 0 fully saturated rings. The SMILES string of the molecule is C[C@H](C(=O)Nc1cccc(N(C)C)c1)N1Cc2ccc(-c3ccnn3C)nc2C1=O. The molecule has 1 aliphatic heterocycles. The van der Waals surface area contributed by atoms with Gasteiger partial charge in [0.1, 0.15) is 11.7 Å².